The number of aliphatic carboxylic acids is 1. The average Bonchev–Trinajstić information content (AvgIpc) is 1.53. The van der Waals surface area contributed by atoms with Crippen molar-refractivity contribution >= 4 is 183 Å². The Morgan fingerprint density at radius 2 is 0.883 bits per heavy atom. The van der Waals surface area contributed by atoms with E-state index in [-0.39, 0.29) is 54.2 Å². The Morgan fingerprint density at radius 3 is 1.18 bits per heavy atom. The number of hydrogen-bond donors (Lipinski definition) is 10. The summed E-state index contributed by atoms with van der Waals surface area (Å²) in [5.41, 5.74) is 15.9. The van der Waals surface area contributed by atoms with Crippen LogP contribution in [0.25, 0.3) is 10.2 Å². The number of nitrogen functional groups attached to an aromatic ring is 3. The highest BCUT2D eigenvalue weighted by Crippen LogP contribution is 2.32. The van der Waals surface area contributed by atoms with Crippen LogP contribution in [0.3, 0.4) is 0 Å². The summed E-state index contributed by atoms with van der Waals surface area (Å²) in [6.45, 7) is 22.6. The fourth-order valence-corrected chi connectivity index (χ4v) is 14.0. The number of hydrogen-bond acceptors (Lipinski definition) is 36. The standard InChI is InChI=1S/C20H22N4O4S3.C17H25N5O8S2.C13H17N5O8S2.C4H8N2O4S.CH4/c1-19(2,3)27-16(26)20(4,5)28-24-14(12-10-29-17(21)22-12)15(25)31-18-23-11-8-6-7-9-13(11)30-18;1-8-10(13(24)22(8)32(26,27)28)20-12(23)11(9-7-31-15(18)19-9)21-30-17(5,6)14(25)29-16(2,3)4;1-5-7(10(20)18(5)28(23,24)25)16-9(19)8(6-4-27-12(14)15-6)17-26-13(2,3)11(21)22;1-2-3(5)4(7)6(2)11(8,9)10;/h6-10H,1-5H3,(H2,21,22);7-8,10H,1-6H3,(H2,18,19)(H,20,23)(H,26,27,28);4-5,7H,1-3H3,(H2,14,15)(H,16,19)(H,21,22)(H,23,24,25);2-3H,5H2,1H3,(H,8,9,10);1H4/b24-14-;21-11-;17-8-;;/t;8-,10?;5-,7?;2-,3-;/m.000./s1. The molecule has 6 atom stereocenters. The summed E-state index contributed by atoms with van der Waals surface area (Å²) in [6, 6.07) is 1.56. The molecule has 3 aliphatic rings. The van der Waals surface area contributed by atoms with E-state index < -0.39 is 159 Å². The third-order valence-corrected chi connectivity index (χ3v) is 20.2. The monoisotopic (exact) mass is 1600 g/mol. The second kappa shape index (κ2) is 32.9. The molecule has 14 N–H and O–H groups in total. The van der Waals surface area contributed by atoms with Gasteiger partial charge in [0.25, 0.3) is 29.5 Å². The molecule has 0 aliphatic carbocycles. The first-order valence-corrected chi connectivity index (χ1v) is 37.5. The van der Waals surface area contributed by atoms with Gasteiger partial charge in [0.05, 0.1) is 28.3 Å². The van der Waals surface area contributed by atoms with Crippen LogP contribution in [0, 0.1) is 0 Å². The zero-order valence-electron chi connectivity index (χ0n) is 56.5. The number of carbonyl (C=O) groups excluding carboxylic acids is 8. The first-order chi connectivity index (χ1) is 46.5. The second-order valence-corrected chi connectivity index (χ2v) is 33.8. The summed E-state index contributed by atoms with van der Waals surface area (Å²) in [5, 5.41) is 29.4. The predicted octanol–water partition coefficient (Wildman–Crippen LogP) is 2.39. The number of aromatic nitrogens is 4. The maximum atomic E-state index is 13.0. The molecule has 1 aromatic carbocycles. The van der Waals surface area contributed by atoms with E-state index in [2.05, 4.69) is 46.0 Å². The minimum Gasteiger partial charge on any atom is -0.478 e. The third kappa shape index (κ3) is 22.6. The SMILES string of the molecule is C.CC(C)(C)OC(=O)C(C)(C)O/N=C(\C(=O)Sc1nc2ccccc2s1)c1csc(N)n1.C[C@H]1C(NC(=O)/C(=N\OC(C)(C)C(=O)O)c2csc(N)n2)C(=O)N1S(=O)(=O)O.C[C@H]1C(NC(=O)/C(=N\OC(C)(C)C(=O)OC(C)(C)C)c2csc(N)n2)C(=O)N1S(=O)(=O)O.C[C@H]1[C@H](N)C(=O)N1S(=O)(=O)O. The molecule has 48 heteroatoms. The van der Waals surface area contributed by atoms with Crippen LogP contribution in [0.15, 0.2) is 60.2 Å². The lowest BCUT2D eigenvalue weighted by molar-refractivity contribution is -0.180. The number of fused-ring (bicyclic) bond motifs is 1. The molecular formula is C55H76N16O24S8. The maximum absolute atomic E-state index is 13.0. The van der Waals surface area contributed by atoms with E-state index in [1.54, 1.807) is 46.9 Å². The minimum atomic E-state index is -4.76. The lowest BCUT2D eigenvalue weighted by Gasteiger charge is -2.42. The van der Waals surface area contributed by atoms with E-state index in [1.165, 1.54) is 95.7 Å². The van der Waals surface area contributed by atoms with Crippen LogP contribution in [0.1, 0.15) is 128 Å². The van der Waals surface area contributed by atoms with E-state index in [4.69, 9.17) is 65.7 Å². The maximum Gasteiger partial charge on any atom is 0.362 e. The second-order valence-electron chi connectivity index (χ2n) is 25.0. The molecule has 5 amide bonds. The smallest absolute Gasteiger partial charge is 0.362 e. The fourth-order valence-electron chi connectivity index (χ4n) is 7.77. The van der Waals surface area contributed by atoms with Gasteiger partial charge in [-0.3, -0.25) is 42.4 Å². The van der Waals surface area contributed by atoms with Crippen molar-refractivity contribution in [3.05, 3.63) is 57.5 Å². The molecule has 2 unspecified atom stereocenters. The Balaban J connectivity index is 0.000000303. The number of nitrogens with one attached hydrogen (secondary N) is 2. The van der Waals surface area contributed by atoms with Crippen molar-refractivity contribution in [1.82, 2.24) is 43.5 Å². The highest BCUT2D eigenvalue weighted by molar-refractivity contribution is 8.16. The van der Waals surface area contributed by atoms with Crippen LogP contribution in [0.5, 0.6) is 0 Å². The summed E-state index contributed by atoms with van der Waals surface area (Å²) in [7, 11) is -13.9. The molecule has 8 rings (SSSR count). The Hall–Kier alpha value is -8.72. The molecule has 7 heterocycles. The molecule has 3 fully saturated rings. The van der Waals surface area contributed by atoms with Crippen molar-refractivity contribution in [1.29, 1.82) is 0 Å². The number of nitrogens with zero attached hydrogens (tertiary/aromatic N) is 10. The van der Waals surface area contributed by atoms with Gasteiger partial charge in [-0.1, -0.05) is 35.0 Å². The van der Waals surface area contributed by atoms with Crippen molar-refractivity contribution in [2.24, 2.45) is 21.2 Å². The number of carboxylic acids is 1. The minimum absolute atomic E-state index is 0. The molecule has 568 valence electrons. The Kier molecular flexibility index (Phi) is 27.7. The van der Waals surface area contributed by atoms with E-state index in [9.17, 15) is 68.4 Å². The van der Waals surface area contributed by atoms with E-state index in [1.807, 2.05) is 24.3 Å². The molecule has 0 bridgehead atoms. The lowest BCUT2D eigenvalue weighted by atomic mass is 10.0. The number of β-lactam (4-membered cyclic amide) rings is 3. The number of oxime groups is 3. The van der Waals surface area contributed by atoms with Gasteiger partial charge < -0.3 is 62.7 Å². The van der Waals surface area contributed by atoms with Crippen molar-refractivity contribution in [2.45, 2.75) is 180 Å². The number of para-hydroxylation sites is 1. The molecule has 0 spiro atoms. The molecule has 3 aliphatic heterocycles. The normalized spacial score (nSPS) is 19.0. The average molecular weight is 1600 g/mol. The van der Waals surface area contributed by atoms with Crippen LogP contribution in [-0.4, -0.2) is 211 Å². The van der Waals surface area contributed by atoms with E-state index >= 15 is 0 Å². The van der Waals surface area contributed by atoms with Crippen LogP contribution in [0.4, 0.5) is 15.4 Å². The molecule has 0 radical (unpaired) electrons. The number of amides is 5. The van der Waals surface area contributed by atoms with Crippen molar-refractivity contribution in [3.63, 3.8) is 0 Å². The molecule has 0 saturated carbocycles. The van der Waals surface area contributed by atoms with Crippen LogP contribution < -0.4 is 33.6 Å². The van der Waals surface area contributed by atoms with Gasteiger partial charge in [0.1, 0.15) is 46.4 Å². The van der Waals surface area contributed by atoms with Crippen molar-refractivity contribution in [2.75, 3.05) is 17.2 Å². The number of esters is 2. The number of benzene rings is 1. The largest absolute Gasteiger partial charge is 0.478 e. The van der Waals surface area contributed by atoms with Crippen LogP contribution in [-0.2, 0) is 98.0 Å². The molecule has 3 saturated heterocycles. The third-order valence-electron chi connectivity index (χ3n) is 13.1. The predicted molar refractivity (Wildman–Crippen MR) is 377 cm³/mol. The number of rotatable bonds is 21. The van der Waals surface area contributed by atoms with Crippen LogP contribution >= 0.6 is 57.1 Å². The molecule has 4 aromatic heterocycles. The Bertz CT molecular complexity index is 4480. The highest BCUT2D eigenvalue weighted by atomic mass is 32.2. The number of ether oxygens (including phenoxy) is 2. The summed E-state index contributed by atoms with van der Waals surface area (Å²) in [5.74, 6) is -7.44. The van der Waals surface area contributed by atoms with Gasteiger partial charge >= 0.3 is 48.8 Å². The first-order valence-electron chi connectivity index (χ1n) is 29.0. The number of anilines is 3. The van der Waals surface area contributed by atoms with Gasteiger partial charge in [0.15, 0.2) is 36.9 Å². The molecular weight excluding hydrogens is 1530 g/mol. The summed E-state index contributed by atoms with van der Waals surface area (Å²) < 4.78 is 105. The van der Waals surface area contributed by atoms with Gasteiger partial charge in [-0.25, -0.2) is 47.2 Å². The van der Waals surface area contributed by atoms with Gasteiger partial charge in [-0.05, 0) is 128 Å². The summed E-state index contributed by atoms with van der Waals surface area (Å²) in [4.78, 5) is 141. The van der Waals surface area contributed by atoms with Gasteiger partial charge in [-0.2, -0.15) is 25.3 Å². The Morgan fingerprint density at radius 1 is 0.544 bits per heavy atom. The number of carbonyl (C=O) groups is 9. The topological polar surface area (TPSA) is 610 Å². The van der Waals surface area contributed by atoms with Gasteiger partial charge in [0, 0.05) is 16.1 Å². The van der Waals surface area contributed by atoms with Crippen molar-refractivity contribution < 1.29 is 111 Å². The van der Waals surface area contributed by atoms with Crippen molar-refractivity contribution in [3.8, 4) is 0 Å². The zero-order chi connectivity index (χ0) is 77.7. The summed E-state index contributed by atoms with van der Waals surface area (Å²) in [6.07, 6.45) is 0. The van der Waals surface area contributed by atoms with Gasteiger partial charge in [0.2, 0.25) is 21.9 Å². The zero-order valence-corrected chi connectivity index (χ0v) is 63.0. The lowest BCUT2D eigenvalue weighted by Crippen LogP contribution is -2.71. The number of thiazole rings is 4. The van der Waals surface area contributed by atoms with E-state index in [0.29, 0.717) is 8.64 Å². The van der Waals surface area contributed by atoms with Gasteiger partial charge in [-0.15, -0.1) is 45.3 Å². The number of nitrogens with two attached hydrogens (primary N) is 4. The fraction of sp³-hybridized carbons (Fsp3) is 0.491. The molecule has 5 aromatic rings. The molecule has 103 heavy (non-hydrogen) atoms. The molecule has 40 nitrogen and oxygen atoms in total. The summed E-state index contributed by atoms with van der Waals surface area (Å²) >= 11 is 5.48. The first kappa shape index (κ1) is 86.7. The Labute approximate surface area is 609 Å². The van der Waals surface area contributed by atoms with E-state index in [0.717, 1.165) is 44.7 Å². The number of carboxylic acid groups (broad SMARTS) is 1. The van der Waals surface area contributed by atoms with Crippen LogP contribution in [0.2, 0.25) is 0 Å². The highest BCUT2D eigenvalue weighted by Gasteiger charge is 2.54. The quantitative estimate of drug-likeness (QED) is 0.0126. The number of thioether (sulfide) groups is 1.